The lowest BCUT2D eigenvalue weighted by molar-refractivity contribution is -0.0205. The summed E-state index contributed by atoms with van der Waals surface area (Å²) in [6, 6.07) is 0. The van der Waals surface area contributed by atoms with Crippen molar-refractivity contribution in [1.29, 1.82) is 0 Å². The minimum Gasteiger partial charge on any atom is -0.309 e. The smallest absolute Gasteiger partial charge is 0.0762 e. The maximum absolute atomic E-state index is 5.67. The molecule has 158 valence electrons. The molecule has 0 bridgehead atoms. The van der Waals surface area contributed by atoms with Gasteiger partial charge in [0.05, 0.1) is 6.10 Å². The van der Waals surface area contributed by atoms with E-state index in [9.17, 15) is 0 Å². The Morgan fingerprint density at radius 3 is 1.62 bits per heavy atom. The van der Waals surface area contributed by atoms with Gasteiger partial charge in [0.2, 0.25) is 0 Å². The van der Waals surface area contributed by atoms with Gasteiger partial charge < -0.3 is 4.90 Å². The molecule has 0 aliphatic heterocycles. The van der Waals surface area contributed by atoms with Crippen LogP contribution < -0.4 is 5.48 Å². The number of unbranched alkanes of at least 4 members (excludes halogenated alkanes) is 13. The summed E-state index contributed by atoms with van der Waals surface area (Å²) in [5, 5.41) is 0. The van der Waals surface area contributed by atoms with E-state index in [0.717, 1.165) is 19.5 Å². The number of hydrogen-bond donors (Lipinski definition) is 1. The van der Waals surface area contributed by atoms with Crippen molar-refractivity contribution >= 4 is 0 Å². The molecule has 3 heteroatoms. The van der Waals surface area contributed by atoms with E-state index in [1.807, 2.05) is 0 Å². The molecule has 0 fully saturated rings. The summed E-state index contributed by atoms with van der Waals surface area (Å²) in [4.78, 5) is 7.88. The third kappa shape index (κ3) is 21.9. The van der Waals surface area contributed by atoms with E-state index < -0.39 is 0 Å². The molecular weight excluding hydrogens is 320 g/mol. The van der Waals surface area contributed by atoms with Gasteiger partial charge in [-0.3, -0.25) is 4.84 Å². The molecule has 0 aliphatic carbocycles. The molecule has 0 saturated carbocycles. The second-order valence-corrected chi connectivity index (χ2v) is 8.36. The Hall–Kier alpha value is -0.120. The summed E-state index contributed by atoms with van der Waals surface area (Å²) in [5.74, 6) is 0. The zero-order valence-corrected chi connectivity index (χ0v) is 18.7. The fourth-order valence-corrected chi connectivity index (χ4v) is 3.35. The highest BCUT2D eigenvalue weighted by Gasteiger charge is 2.02. The summed E-state index contributed by atoms with van der Waals surface area (Å²) >= 11 is 0. The molecule has 1 N–H and O–H groups in total. The van der Waals surface area contributed by atoms with Crippen molar-refractivity contribution in [3.05, 3.63) is 0 Å². The average molecular weight is 371 g/mol. The predicted octanol–water partition coefficient (Wildman–Crippen LogP) is 6.72. The largest absolute Gasteiger partial charge is 0.309 e. The monoisotopic (exact) mass is 370 g/mol. The van der Waals surface area contributed by atoms with Gasteiger partial charge in [-0.25, -0.2) is 5.48 Å². The first-order chi connectivity index (χ1) is 12.7. The van der Waals surface area contributed by atoms with Crippen molar-refractivity contribution in [3.63, 3.8) is 0 Å². The Bertz CT molecular complexity index is 259. The van der Waals surface area contributed by atoms with Crippen LogP contribution in [0.25, 0.3) is 0 Å². The van der Waals surface area contributed by atoms with Crippen molar-refractivity contribution in [1.82, 2.24) is 10.4 Å². The van der Waals surface area contributed by atoms with Crippen molar-refractivity contribution < 1.29 is 4.84 Å². The second-order valence-electron chi connectivity index (χ2n) is 8.36. The maximum Gasteiger partial charge on any atom is 0.0762 e. The van der Waals surface area contributed by atoms with Crippen LogP contribution >= 0.6 is 0 Å². The first kappa shape index (κ1) is 25.9. The van der Waals surface area contributed by atoms with Crippen LogP contribution in [0.15, 0.2) is 0 Å². The van der Waals surface area contributed by atoms with Crippen LogP contribution in [-0.2, 0) is 4.84 Å². The van der Waals surface area contributed by atoms with E-state index in [1.54, 1.807) is 0 Å². The van der Waals surface area contributed by atoms with Crippen LogP contribution in [-0.4, -0.2) is 38.2 Å². The Labute approximate surface area is 165 Å². The Balaban J connectivity index is 3.12. The Morgan fingerprint density at radius 2 is 1.15 bits per heavy atom. The summed E-state index contributed by atoms with van der Waals surface area (Å²) in [7, 11) is 4.22. The van der Waals surface area contributed by atoms with E-state index in [1.165, 1.54) is 96.3 Å². The van der Waals surface area contributed by atoms with Gasteiger partial charge >= 0.3 is 0 Å². The lowest BCUT2D eigenvalue weighted by Crippen LogP contribution is -2.25. The van der Waals surface area contributed by atoms with Gasteiger partial charge in [0.25, 0.3) is 0 Å². The predicted molar refractivity (Wildman–Crippen MR) is 117 cm³/mol. The first-order valence-electron chi connectivity index (χ1n) is 11.7. The molecule has 26 heavy (non-hydrogen) atoms. The summed E-state index contributed by atoms with van der Waals surface area (Å²) in [6.45, 7) is 6.53. The summed E-state index contributed by atoms with van der Waals surface area (Å²) in [5.41, 5.74) is 3.11. The van der Waals surface area contributed by atoms with Crippen LogP contribution in [0.4, 0.5) is 0 Å². The van der Waals surface area contributed by atoms with Crippen LogP contribution in [0, 0.1) is 0 Å². The van der Waals surface area contributed by atoms with Gasteiger partial charge in [0.15, 0.2) is 0 Å². The van der Waals surface area contributed by atoms with E-state index in [0.29, 0.717) is 6.10 Å². The Kier molecular flexibility index (Phi) is 21.1. The van der Waals surface area contributed by atoms with Gasteiger partial charge in [-0.05, 0) is 40.4 Å². The van der Waals surface area contributed by atoms with Gasteiger partial charge in [-0.1, -0.05) is 96.8 Å². The topological polar surface area (TPSA) is 24.5 Å². The highest BCUT2D eigenvalue weighted by molar-refractivity contribution is 4.53. The molecule has 0 aliphatic rings. The highest BCUT2D eigenvalue weighted by Crippen LogP contribution is 2.14. The van der Waals surface area contributed by atoms with Crippen molar-refractivity contribution in [2.24, 2.45) is 0 Å². The highest BCUT2D eigenvalue weighted by atomic mass is 16.7. The van der Waals surface area contributed by atoms with E-state index in [4.69, 9.17) is 4.84 Å². The second kappa shape index (κ2) is 21.2. The number of hydrogen-bond acceptors (Lipinski definition) is 3. The SMILES string of the molecule is CCCCCCCCCCCCCCCCC(C)ONCCCN(C)C. The number of nitrogens with one attached hydrogen (secondary N) is 1. The van der Waals surface area contributed by atoms with E-state index in [2.05, 4.69) is 38.3 Å². The molecular formula is C23H50N2O. The summed E-state index contributed by atoms with van der Waals surface area (Å²) < 4.78 is 0. The first-order valence-corrected chi connectivity index (χ1v) is 11.7. The molecule has 0 spiro atoms. The van der Waals surface area contributed by atoms with Crippen molar-refractivity contribution in [2.45, 2.75) is 123 Å². The molecule has 1 unspecified atom stereocenters. The van der Waals surface area contributed by atoms with Crippen LogP contribution in [0.2, 0.25) is 0 Å². The molecule has 0 saturated heterocycles. The Morgan fingerprint density at radius 1 is 0.692 bits per heavy atom. The zero-order chi connectivity index (χ0) is 19.3. The maximum atomic E-state index is 5.67. The minimum absolute atomic E-state index is 0.340. The standard InChI is InChI=1S/C23H50N2O/c1-5-6-7-8-9-10-11-12-13-14-15-16-17-18-20-23(2)26-24-21-19-22-25(3)4/h23-24H,5-22H2,1-4H3. The molecule has 0 aromatic rings. The number of hydroxylamine groups is 1. The molecule has 1 atom stereocenters. The third-order valence-electron chi connectivity index (χ3n) is 5.13. The number of nitrogens with zero attached hydrogens (tertiary/aromatic N) is 1. The quantitative estimate of drug-likeness (QED) is 0.179. The van der Waals surface area contributed by atoms with Crippen LogP contribution in [0.1, 0.15) is 117 Å². The van der Waals surface area contributed by atoms with Crippen molar-refractivity contribution in [2.75, 3.05) is 27.2 Å². The van der Waals surface area contributed by atoms with E-state index in [-0.39, 0.29) is 0 Å². The third-order valence-corrected chi connectivity index (χ3v) is 5.13. The van der Waals surface area contributed by atoms with Gasteiger partial charge in [-0.15, -0.1) is 0 Å². The number of rotatable bonds is 21. The normalized spacial score (nSPS) is 12.8. The molecule has 0 aromatic heterocycles. The van der Waals surface area contributed by atoms with E-state index >= 15 is 0 Å². The average Bonchev–Trinajstić information content (AvgIpc) is 2.61. The molecule has 0 amide bonds. The lowest BCUT2D eigenvalue weighted by atomic mass is 10.0. The molecule has 0 radical (unpaired) electrons. The fraction of sp³-hybridized carbons (Fsp3) is 1.00. The van der Waals surface area contributed by atoms with Gasteiger partial charge in [0, 0.05) is 6.54 Å². The molecule has 0 heterocycles. The fourth-order valence-electron chi connectivity index (χ4n) is 3.35. The lowest BCUT2D eigenvalue weighted by Gasteiger charge is -2.14. The minimum atomic E-state index is 0.340. The van der Waals surface area contributed by atoms with Crippen LogP contribution in [0.5, 0.6) is 0 Å². The van der Waals surface area contributed by atoms with Gasteiger partial charge in [0.1, 0.15) is 0 Å². The van der Waals surface area contributed by atoms with Gasteiger partial charge in [-0.2, -0.15) is 0 Å². The zero-order valence-electron chi connectivity index (χ0n) is 18.7. The molecule has 0 rings (SSSR count). The molecule has 3 nitrogen and oxygen atoms in total. The molecule has 0 aromatic carbocycles. The summed E-state index contributed by atoms with van der Waals surface area (Å²) in [6.07, 6.45) is 22.6. The van der Waals surface area contributed by atoms with Crippen molar-refractivity contribution in [3.8, 4) is 0 Å². The van der Waals surface area contributed by atoms with Crippen LogP contribution in [0.3, 0.4) is 0 Å².